The molecule has 18 heavy (non-hydrogen) atoms. The van der Waals surface area contributed by atoms with Crippen molar-refractivity contribution < 1.29 is 4.74 Å². The number of aryl methyl sites for hydroxylation is 1. The molecular weight excluding hydrogens is 226 g/mol. The van der Waals surface area contributed by atoms with Gasteiger partial charge < -0.3 is 14.2 Å². The van der Waals surface area contributed by atoms with Crippen molar-refractivity contribution in [3.8, 4) is 6.01 Å². The average Bonchev–Trinajstić information content (AvgIpc) is 2.76. The molecule has 1 aromatic rings. The maximum absolute atomic E-state index is 5.69. The summed E-state index contributed by atoms with van der Waals surface area (Å²) in [6.45, 7) is 7.84. The SMILES string of the molecule is CC(C)N1CCC(CCOc2nccn2C)CC1. The van der Waals surface area contributed by atoms with E-state index in [1.165, 1.54) is 25.9 Å². The zero-order valence-corrected chi connectivity index (χ0v) is 11.8. The molecule has 1 aromatic heterocycles. The summed E-state index contributed by atoms with van der Waals surface area (Å²) in [6, 6.07) is 1.42. The van der Waals surface area contributed by atoms with Crippen molar-refractivity contribution in [1.29, 1.82) is 0 Å². The van der Waals surface area contributed by atoms with Crippen LogP contribution in [0, 0.1) is 5.92 Å². The van der Waals surface area contributed by atoms with Gasteiger partial charge in [-0.15, -0.1) is 0 Å². The van der Waals surface area contributed by atoms with Crippen LogP contribution in [0.25, 0.3) is 0 Å². The Morgan fingerprint density at radius 1 is 1.39 bits per heavy atom. The first-order chi connectivity index (χ1) is 8.66. The van der Waals surface area contributed by atoms with Gasteiger partial charge in [0.05, 0.1) is 6.61 Å². The van der Waals surface area contributed by atoms with E-state index in [1.807, 2.05) is 17.8 Å². The van der Waals surface area contributed by atoms with Gasteiger partial charge in [0.25, 0.3) is 6.01 Å². The molecular formula is C14H25N3O. The fourth-order valence-corrected chi connectivity index (χ4v) is 2.57. The highest BCUT2D eigenvalue weighted by molar-refractivity contribution is 4.96. The summed E-state index contributed by atoms with van der Waals surface area (Å²) in [5.74, 6) is 0.820. The molecule has 1 aliphatic rings. The Balaban J connectivity index is 1.65. The van der Waals surface area contributed by atoms with Gasteiger partial charge in [-0.1, -0.05) is 0 Å². The van der Waals surface area contributed by atoms with E-state index in [1.54, 1.807) is 6.20 Å². The van der Waals surface area contributed by atoms with Crippen LogP contribution in [0.15, 0.2) is 12.4 Å². The van der Waals surface area contributed by atoms with Crippen LogP contribution in [0.2, 0.25) is 0 Å². The lowest BCUT2D eigenvalue weighted by molar-refractivity contribution is 0.133. The van der Waals surface area contributed by atoms with E-state index in [4.69, 9.17) is 4.74 Å². The lowest BCUT2D eigenvalue weighted by atomic mass is 9.93. The monoisotopic (exact) mass is 251 g/mol. The zero-order chi connectivity index (χ0) is 13.0. The van der Waals surface area contributed by atoms with E-state index in [9.17, 15) is 0 Å². The number of nitrogens with zero attached hydrogens (tertiary/aromatic N) is 3. The number of likely N-dealkylation sites (tertiary alicyclic amines) is 1. The van der Waals surface area contributed by atoms with Crippen LogP contribution in [0.3, 0.4) is 0 Å². The van der Waals surface area contributed by atoms with Crippen molar-refractivity contribution in [2.75, 3.05) is 19.7 Å². The maximum Gasteiger partial charge on any atom is 0.295 e. The summed E-state index contributed by atoms with van der Waals surface area (Å²) in [5.41, 5.74) is 0. The third kappa shape index (κ3) is 3.48. The number of imidazole rings is 1. The molecule has 1 fully saturated rings. The fourth-order valence-electron chi connectivity index (χ4n) is 2.57. The minimum Gasteiger partial charge on any atom is -0.465 e. The van der Waals surface area contributed by atoms with Crippen LogP contribution < -0.4 is 4.74 Å². The van der Waals surface area contributed by atoms with Crippen molar-refractivity contribution >= 4 is 0 Å². The quantitative estimate of drug-likeness (QED) is 0.804. The summed E-state index contributed by atoms with van der Waals surface area (Å²) in [4.78, 5) is 6.73. The van der Waals surface area contributed by atoms with E-state index >= 15 is 0 Å². The first-order valence-electron chi connectivity index (χ1n) is 7.01. The third-order valence-electron chi connectivity index (χ3n) is 3.91. The average molecular weight is 251 g/mol. The Morgan fingerprint density at radius 2 is 2.11 bits per heavy atom. The van der Waals surface area contributed by atoms with E-state index in [2.05, 4.69) is 23.7 Å². The lowest BCUT2D eigenvalue weighted by Crippen LogP contribution is -2.38. The zero-order valence-electron chi connectivity index (χ0n) is 11.8. The first-order valence-corrected chi connectivity index (χ1v) is 7.01. The molecule has 0 amide bonds. The Hall–Kier alpha value is -1.03. The molecule has 1 saturated heterocycles. The Morgan fingerprint density at radius 3 is 2.67 bits per heavy atom. The second-order valence-corrected chi connectivity index (χ2v) is 5.53. The van der Waals surface area contributed by atoms with Gasteiger partial charge in [-0.25, -0.2) is 4.98 Å². The number of aromatic nitrogens is 2. The first kappa shape index (κ1) is 13.4. The van der Waals surface area contributed by atoms with Crippen LogP contribution in [-0.4, -0.2) is 40.2 Å². The highest BCUT2D eigenvalue weighted by Gasteiger charge is 2.20. The van der Waals surface area contributed by atoms with Gasteiger partial charge in [0.15, 0.2) is 0 Å². The summed E-state index contributed by atoms with van der Waals surface area (Å²) in [5, 5.41) is 0. The van der Waals surface area contributed by atoms with Gasteiger partial charge in [-0.05, 0) is 52.1 Å². The number of hydrogen-bond acceptors (Lipinski definition) is 3. The van der Waals surface area contributed by atoms with E-state index in [0.717, 1.165) is 25.0 Å². The Labute approximate surface area is 110 Å². The standard InChI is InChI=1S/C14H25N3O/c1-12(2)17-8-4-13(5-9-17)6-11-18-14-15-7-10-16(14)3/h7,10,12-13H,4-6,8-9,11H2,1-3H3. The Bertz CT molecular complexity index is 354. The van der Waals surface area contributed by atoms with Crippen molar-refractivity contribution in [1.82, 2.24) is 14.5 Å². The summed E-state index contributed by atoms with van der Waals surface area (Å²) < 4.78 is 7.61. The molecule has 0 unspecified atom stereocenters. The summed E-state index contributed by atoms with van der Waals surface area (Å²) >= 11 is 0. The number of piperidine rings is 1. The molecule has 102 valence electrons. The predicted molar refractivity (Wildman–Crippen MR) is 72.8 cm³/mol. The minimum absolute atomic E-state index is 0.690. The van der Waals surface area contributed by atoms with Gasteiger partial charge >= 0.3 is 0 Å². The van der Waals surface area contributed by atoms with Gasteiger partial charge in [-0.2, -0.15) is 0 Å². The number of ether oxygens (including phenoxy) is 1. The van der Waals surface area contributed by atoms with E-state index < -0.39 is 0 Å². The van der Waals surface area contributed by atoms with Crippen molar-refractivity contribution in [3.63, 3.8) is 0 Å². The summed E-state index contributed by atoms with van der Waals surface area (Å²) in [7, 11) is 1.96. The highest BCUT2D eigenvalue weighted by atomic mass is 16.5. The molecule has 0 aliphatic carbocycles. The van der Waals surface area contributed by atoms with Crippen LogP contribution in [0.4, 0.5) is 0 Å². The molecule has 0 saturated carbocycles. The van der Waals surface area contributed by atoms with Crippen LogP contribution >= 0.6 is 0 Å². The largest absolute Gasteiger partial charge is 0.465 e. The van der Waals surface area contributed by atoms with Crippen molar-refractivity contribution in [3.05, 3.63) is 12.4 Å². The van der Waals surface area contributed by atoms with E-state index in [-0.39, 0.29) is 0 Å². The number of rotatable bonds is 5. The van der Waals surface area contributed by atoms with Gasteiger partial charge in [0.1, 0.15) is 0 Å². The minimum atomic E-state index is 0.690. The second kappa shape index (κ2) is 6.23. The fraction of sp³-hybridized carbons (Fsp3) is 0.786. The van der Waals surface area contributed by atoms with Crippen LogP contribution in [-0.2, 0) is 7.05 Å². The second-order valence-electron chi connectivity index (χ2n) is 5.53. The summed E-state index contributed by atoms with van der Waals surface area (Å²) in [6.07, 6.45) is 7.45. The Kier molecular flexibility index (Phi) is 4.64. The molecule has 0 bridgehead atoms. The molecule has 2 rings (SSSR count). The molecule has 0 radical (unpaired) electrons. The van der Waals surface area contributed by atoms with Gasteiger partial charge in [0, 0.05) is 25.5 Å². The molecule has 0 N–H and O–H groups in total. The molecule has 0 atom stereocenters. The molecule has 1 aliphatic heterocycles. The lowest BCUT2D eigenvalue weighted by Gasteiger charge is -2.34. The third-order valence-corrected chi connectivity index (χ3v) is 3.91. The van der Waals surface area contributed by atoms with Crippen molar-refractivity contribution in [2.24, 2.45) is 13.0 Å². The van der Waals surface area contributed by atoms with E-state index in [0.29, 0.717) is 6.04 Å². The normalized spacial score (nSPS) is 18.4. The molecule has 0 spiro atoms. The molecule has 0 aromatic carbocycles. The highest BCUT2D eigenvalue weighted by Crippen LogP contribution is 2.22. The topological polar surface area (TPSA) is 30.3 Å². The van der Waals surface area contributed by atoms with Gasteiger partial charge in [0.2, 0.25) is 0 Å². The number of hydrogen-bond donors (Lipinski definition) is 0. The van der Waals surface area contributed by atoms with Crippen LogP contribution in [0.5, 0.6) is 6.01 Å². The molecule has 4 nitrogen and oxygen atoms in total. The van der Waals surface area contributed by atoms with Crippen molar-refractivity contribution in [2.45, 2.75) is 39.2 Å². The van der Waals surface area contributed by atoms with Gasteiger partial charge in [-0.3, -0.25) is 0 Å². The maximum atomic E-state index is 5.69. The molecule has 2 heterocycles. The smallest absolute Gasteiger partial charge is 0.295 e. The predicted octanol–water partition coefficient (Wildman–Crippen LogP) is 2.31. The molecule has 4 heteroatoms. The van der Waals surface area contributed by atoms with Crippen LogP contribution in [0.1, 0.15) is 33.1 Å².